The fraction of sp³-hybridized carbons (Fsp3) is 0.227. The number of anilines is 1. The van der Waals surface area contributed by atoms with Crippen LogP contribution in [0.1, 0.15) is 19.4 Å². The number of imide groups is 1. The molecule has 30 heavy (non-hydrogen) atoms. The lowest BCUT2D eigenvalue weighted by Crippen LogP contribution is -2.38. The van der Waals surface area contributed by atoms with Crippen molar-refractivity contribution in [2.45, 2.75) is 20.0 Å². The number of hydrogen-bond donors (Lipinski definition) is 2. The highest BCUT2D eigenvalue weighted by Crippen LogP contribution is 2.33. The van der Waals surface area contributed by atoms with Crippen LogP contribution in [0.2, 0.25) is 0 Å². The molecular formula is C22H23N3O5. The molecular weight excluding hydrogens is 386 g/mol. The Morgan fingerprint density at radius 2 is 1.87 bits per heavy atom. The third kappa shape index (κ3) is 4.78. The molecule has 1 aliphatic rings. The van der Waals surface area contributed by atoms with Crippen molar-refractivity contribution in [1.29, 1.82) is 0 Å². The Balaban J connectivity index is 1.79. The summed E-state index contributed by atoms with van der Waals surface area (Å²) in [4.78, 5) is 38.1. The second kappa shape index (κ2) is 9.13. The van der Waals surface area contributed by atoms with Gasteiger partial charge in [-0.15, -0.1) is 0 Å². The molecule has 0 aliphatic carbocycles. The number of carbonyl (C=O) groups is 3. The van der Waals surface area contributed by atoms with Crippen molar-refractivity contribution < 1.29 is 23.9 Å². The van der Waals surface area contributed by atoms with E-state index in [4.69, 9.17) is 9.47 Å². The molecule has 0 radical (unpaired) electrons. The van der Waals surface area contributed by atoms with Crippen LogP contribution >= 0.6 is 0 Å². The Labute approximate surface area is 174 Å². The number of hydrogen-bond acceptors (Lipinski definition) is 5. The molecule has 0 saturated carbocycles. The zero-order chi connectivity index (χ0) is 21.7. The molecule has 156 valence electrons. The minimum absolute atomic E-state index is 0.0503. The average molecular weight is 409 g/mol. The molecule has 0 unspecified atom stereocenters. The van der Waals surface area contributed by atoms with Gasteiger partial charge in [0.15, 0.2) is 11.5 Å². The number of methoxy groups -OCH3 is 1. The van der Waals surface area contributed by atoms with Gasteiger partial charge in [-0.05, 0) is 38.1 Å². The molecule has 8 nitrogen and oxygen atoms in total. The lowest BCUT2D eigenvalue weighted by Gasteiger charge is -2.16. The predicted molar refractivity (Wildman–Crippen MR) is 112 cm³/mol. The van der Waals surface area contributed by atoms with Crippen molar-refractivity contribution in [1.82, 2.24) is 10.2 Å². The highest BCUT2D eigenvalue weighted by Gasteiger charge is 2.35. The van der Waals surface area contributed by atoms with Crippen LogP contribution in [0.15, 0.2) is 54.2 Å². The zero-order valence-corrected chi connectivity index (χ0v) is 17.0. The smallest absolute Gasteiger partial charge is 0.329 e. The van der Waals surface area contributed by atoms with Crippen LogP contribution in [0, 0.1) is 0 Å². The van der Waals surface area contributed by atoms with Crippen molar-refractivity contribution in [3.05, 3.63) is 59.8 Å². The third-order valence-electron chi connectivity index (χ3n) is 4.20. The molecule has 0 aromatic heterocycles. The standard InChI is InChI=1S/C22H23N3O5/c1-14(2)30-20-15(8-7-11-18(20)29-3)12-17-21(27)25(22(28)24-17)13-19(26)23-16-9-5-4-6-10-16/h4-12,14H,13H2,1-3H3,(H,23,26)(H,24,28)/b17-12+. The van der Waals surface area contributed by atoms with E-state index in [0.29, 0.717) is 22.7 Å². The van der Waals surface area contributed by atoms with E-state index in [2.05, 4.69) is 10.6 Å². The molecule has 1 saturated heterocycles. The van der Waals surface area contributed by atoms with Gasteiger partial charge in [-0.1, -0.05) is 30.3 Å². The van der Waals surface area contributed by atoms with Gasteiger partial charge in [0.1, 0.15) is 12.2 Å². The normalized spacial score (nSPS) is 14.8. The number of rotatable bonds is 7. The summed E-state index contributed by atoms with van der Waals surface area (Å²) in [6.45, 7) is 3.35. The lowest BCUT2D eigenvalue weighted by molar-refractivity contribution is -0.127. The first-order valence-electron chi connectivity index (χ1n) is 9.42. The lowest BCUT2D eigenvalue weighted by atomic mass is 10.1. The Hall–Kier alpha value is -3.81. The molecule has 0 bridgehead atoms. The second-order valence-electron chi connectivity index (χ2n) is 6.84. The number of para-hydroxylation sites is 2. The first-order valence-corrected chi connectivity index (χ1v) is 9.42. The van der Waals surface area contributed by atoms with Crippen LogP contribution in [0.25, 0.3) is 6.08 Å². The van der Waals surface area contributed by atoms with Crippen molar-refractivity contribution in [3.63, 3.8) is 0 Å². The van der Waals surface area contributed by atoms with E-state index >= 15 is 0 Å². The summed E-state index contributed by atoms with van der Waals surface area (Å²) < 4.78 is 11.2. The summed E-state index contributed by atoms with van der Waals surface area (Å²) >= 11 is 0. The Morgan fingerprint density at radius 1 is 1.13 bits per heavy atom. The molecule has 8 heteroatoms. The summed E-state index contributed by atoms with van der Waals surface area (Å²) in [6.07, 6.45) is 1.39. The molecule has 0 atom stereocenters. The van der Waals surface area contributed by atoms with Crippen LogP contribution in [0.5, 0.6) is 11.5 Å². The van der Waals surface area contributed by atoms with Crippen LogP contribution in [0.3, 0.4) is 0 Å². The molecule has 3 rings (SSSR count). The van der Waals surface area contributed by atoms with Gasteiger partial charge in [-0.2, -0.15) is 0 Å². The fourth-order valence-corrected chi connectivity index (χ4v) is 2.91. The number of nitrogens with one attached hydrogen (secondary N) is 2. The number of ether oxygens (including phenoxy) is 2. The molecule has 1 fully saturated rings. The van der Waals surface area contributed by atoms with Crippen molar-refractivity contribution in [3.8, 4) is 11.5 Å². The number of urea groups is 1. The highest BCUT2D eigenvalue weighted by molar-refractivity contribution is 6.16. The molecule has 2 aromatic rings. The minimum Gasteiger partial charge on any atom is -0.493 e. The topological polar surface area (TPSA) is 97.0 Å². The van der Waals surface area contributed by atoms with Crippen LogP contribution in [-0.2, 0) is 9.59 Å². The van der Waals surface area contributed by atoms with Crippen molar-refractivity contribution >= 4 is 29.6 Å². The minimum atomic E-state index is -0.663. The maximum atomic E-state index is 12.7. The number of amides is 4. The van der Waals surface area contributed by atoms with E-state index in [0.717, 1.165) is 4.90 Å². The first-order chi connectivity index (χ1) is 14.4. The largest absolute Gasteiger partial charge is 0.493 e. The summed E-state index contributed by atoms with van der Waals surface area (Å²) in [7, 11) is 1.52. The van der Waals surface area contributed by atoms with E-state index in [1.165, 1.54) is 13.2 Å². The summed E-state index contributed by atoms with van der Waals surface area (Å²) in [6, 6.07) is 13.4. The van der Waals surface area contributed by atoms with E-state index < -0.39 is 24.4 Å². The van der Waals surface area contributed by atoms with Crippen LogP contribution in [0.4, 0.5) is 10.5 Å². The predicted octanol–water partition coefficient (Wildman–Crippen LogP) is 3.01. The van der Waals surface area contributed by atoms with Gasteiger partial charge in [0, 0.05) is 11.3 Å². The monoisotopic (exact) mass is 409 g/mol. The van der Waals surface area contributed by atoms with Gasteiger partial charge in [-0.3, -0.25) is 9.59 Å². The molecule has 2 N–H and O–H groups in total. The maximum absolute atomic E-state index is 12.7. The highest BCUT2D eigenvalue weighted by atomic mass is 16.5. The van der Waals surface area contributed by atoms with E-state index in [1.807, 2.05) is 19.9 Å². The van der Waals surface area contributed by atoms with Gasteiger partial charge in [0.25, 0.3) is 5.91 Å². The Kier molecular flexibility index (Phi) is 6.36. The Bertz CT molecular complexity index is 986. The average Bonchev–Trinajstić information content (AvgIpc) is 2.97. The maximum Gasteiger partial charge on any atom is 0.329 e. The first kappa shape index (κ1) is 20.9. The van der Waals surface area contributed by atoms with Crippen molar-refractivity contribution in [2.75, 3.05) is 19.0 Å². The zero-order valence-electron chi connectivity index (χ0n) is 17.0. The van der Waals surface area contributed by atoms with E-state index in [9.17, 15) is 14.4 Å². The number of benzene rings is 2. The van der Waals surface area contributed by atoms with E-state index in [-0.39, 0.29) is 11.8 Å². The molecule has 1 aliphatic heterocycles. The number of nitrogens with zero attached hydrogens (tertiary/aromatic N) is 1. The Morgan fingerprint density at radius 3 is 2.53 bits per heavy atom. The van der Waals surface area contributed by atoms with Gasteiger partial charge >= 0.3 is 6.03 Å². The van der Waals surface area contributed by atoms with Gasteiger partial charge in [0.05, 0.1) is 13.2 Å². The second-order valence-corrected chi connectivity index (χ2v) is 6.84. The molecule has 2 aromatic carbocycles. The quantitative estimate of drug-likeness (QED) is 0.541. The SMILES string of the molecule is COc1cccc(/C=C2/NC(=O)N(CC(=O)Nc3ccccc3)C2=O)c1OC(C)C. The van der Waals surface area contributed by atoms with Gasteiger partial charge < -0.3 is 20.1 Å². The van der Waals surface area contributed by atoms with Gasteiger partial charge in [0.2, 0.25) is 5.91 Å². The summed E-state index contributed by atoms with van der Waals surface area (Å²) in [5, 5.41) is 5.16. The summed E-state index contributed by atoms with van der Waals surface area (Å²) in [5.74, 6) is -0.101. The number of carbonyl (C=O) groups excluding carboxylic acids is 3. The van der Waals surface area contributed by atoms with Crippen molar-refractivity contribution in [2.24, 2.45) is 0 Å². The molecule has 0 spiro atoms. The van der Waals surface area contributed by atoms with Crippen LogP contribution in [-0.4, -0.2) is 42.5 Å². The summed E-state index contributed by atoms with van der Waals surface area (Å²) in [5.41, 5.74) is 1.20. The molecule has 4 amide bonds. The van der Waals surface area contributed by atoms with E-state index in [1.54, 1.807) is 42.5 Å². The fourth-order valence-electron chi connectivity index (χ4n) is 2.91. The van der Waals surface area contributed by atoms with Crippen LogP contribution < -0.4 is 20.1 Å². The third-order valence-corrected chi connectivity index (χ3v) is 4.20. The van der Waals surface area contributed by atoms with Gasteiger partial charge in [-0.25, -0.2) is 9.69 Å². The molecule has 1 heterocycles.